The minimum Gasteiger partial charge on any atom is -0.495 e. The number of rotatable bonds is 3. The topological polar surface area (TPSA) is 67.0 Å². The molecule has 1 aromatic heterocycles. The van der Waals surface area contributed by atoms with Crippen LogP contribution in [-0.2, 0) is 7.05 Å². The molecular weight excluding hydrogens is 290 g/mol. The van der Waals surface area contributed by atoms with Crippen LogP contribution in [0.4, 0.5) is 5.69 Å². The molecule has 3 aromatic rings. The van der Waals surface area contributed by atoms with Gasteiger partial charge in [0.15, 0.2) is 0 Å². The molecule has 0 fully saturated rings. The van der Waals surface area contributed by atoms with Crippen LogP contribution in [-0.4, -0.2) is 17.6 Å². The Kier molecular flexibility index (Phi) is 3.73. The largest absolute Gasteiger partial charge is 0.495 e. The van der Waals surface area contributed by atoms with Crippen LogP contribution in [0, 0.1) is 11.3 Å². The number of nitriles is 1. The lowest BCUT2D eigenvalue weighted by Gasteiger charge is -2.09. The second-order valence-electron chi connectivity index (χ2n) is 5.10. The quantitative estimate of drug-likeness (QED) is 0.807. The predicted molar refractivity (Wildman–Crippen MR) is 88.6 cm³/mol. The molecule has 1 N–H and O–H groups in total. The molecule has 3 rings (SSSR count). The van der Waals surface area contributed by atoms with Crippen molar-refractivity contribution in [2.75, 3.05) is 12.4 Å². The molecule has 5 nitrogen and oxygen atoms in total. The maximum atomic E-state index is 12.6. The number of aromatic nitrogens is 1. The molecule has 0 saturated heterocycles. The summed E-state index contributed by atoms with van der Waals surface area (Å²) < 4.78 is 7.15. The van der Waals surface area contributed by atoms with Crippen LogP contribution in [0.15, 0.2) is 48.5 Å². The Hall–Kier alpha value is -3.26. The summed E-state index contributed by atoms with van der Waals surface area (Å²) in [6, 6.07) is 16.5. The first kappa shape index (κ1) is 14.7. The Balaban J connectivity index is 2.02. The van der Waals surface area contributed by atoms with E-state index in [0.717, 1.165) is 10.9 Å². The summed E-state index contributed by atoms with van der Waals surface area (Å²) in [6.07, 6.45) is 0. The molecule has 2 aromatic carbocycles. The minimum absolute atomic E-state index is 0.270. The Bertz CT molecular complexity index is 935. The first-order valence-corrected chi connectivity index (χ1v) is 7.08. The number of anilines is 1. The number of fused-ring (bicyclic) bond motifs is 1. The predicted octanol–water partition coefficient (Wildman–Crippen LogP) is 3.31. The molecule has 0 spiro atoms. The fraction of sp³-hybridized carbons (Fsp3) is 0.111. The van der Waals surface area contributed by atoms with Gasteiger partial charge in [0.1, 0.15) is 17.5 Å². The van der Waals surface area contributed by atoms with E-state index < -0.39 is 0 Å². The maximum absolute atomic E-state index is 12.6. The lowest BCUT2D eigenvalue weighted by molar-refractivity contribution is 0.101. The first-order valence-electron chi connectivity index (χ1n) is 7.08. The lowest BCUT2D eigenvalue weighted by atomic mass is 10.2. The van der Waals surface area contributed by atoms with Gasteiger partial charge in [0.25, 0.3) is 5.91 Å². The van der Waals surface area contributed by atoms with E-state index >= 15 is 0 Å². The third-order valence-electron chi connectivity index (χ3n) is 3.77. The molecule has 0 saturated carbocycles. The summed E-state index contributed by atoms with van der Waals surface area (Å²) in [5.74, 6) is 0.440. The highest BCUT2D eigenvalue weighted by Crippen LogP contribution is 2.28. The molecule has 23 heavy (non-hydrogen) atoms. The van der Waals surface area contributed by atoms with Gasteiger partial charge in [-0.05, 0) is 24.3 Å². The zero-order valence-electron chi connectivity index (χ0n) is 12.8. The van der Waals surface area contributed by atoms with Crippen LogP contribution in [0.5, 0.6) is 5.75 Å². The van der Waals surface area contributed by atoms with Crippen LogP contribution >= 0.6 is 0 Å². The Morgan fingerprint density at radius 2 is 2.00 bits per heavy atom. The maximum Gasteiger partial charge on any atom is 0.272 e. The average molecular weight is 305 g/mol. The van der Waals surface area contributed by atoms with Gasteiger partial charge < -0.3 is 14.6 Å². The number of amides is 1. The summed E-state index contributed by atoms with van der Waals surface area (Å²) in [4.78, 5) is 12.6. The Labute approximate surface area is 133 Å². The normalized spacial score (nSPS) is 10.3. The molecule has 114 valence electrons. The second kappa shape index (κ2) is 5.85. The van der Waals surface area contributed by atoms with Gasteiger partial charge in [-0.2, -0.15) is 5.26 Å². The van der Waals surface area contributed by atoms with E-state index in [1.165, 1.54) is 0 Å². The molecule has 0 aliphatic carbocycles. The first-order chi connectivity index (χ1) is 11.2. The van der Waals surface area contributed by atoms with Gasteiger partial charge in [-0.15, -0.1) is 0 Å². The molecule has 5 heteroatoms. The van der Waals surface area contributed by atoms with Crippen molar-refractivity contribution in [2.45, 2.75) is 0 Å². The Morgan fingerprint density at radius 3 is 2.74 bits per heavy atom. The van der Waals surface area contributed by atoms with Crippen molar-refractivity contribution in [3.05, 3.63) is 59.8 Å². The summed E-state index contributed by atoms with van der Waals surface area (Å²) in [5, 5.41) is 12.8. The molecule has 1 amide bonds. The van der Waals surface area contributed by atoms with Crippen molar-refractivity contribution in [3.8, 4) is 11.8 Å². The zero-order chi connectivity index (χ0) is 16.4. The van der Waals surface area contributed by atoms with Gasteiger partial charge in [-0.1, -0.05) is 24.3 Å². The number of methoxy groups -OCH3 is 1. The zero-order valence-corrected chi connectivity index (χ0v) is 12.8. The number of hydrogen-bond donors (Lipinski definition) is 1. The van der Waals surface area contributed by atoms with Crippen molar-refractivity contribution >= 4 is 22.5 Å². The molecule has 0 bridgehead atoms. The average Bonchev–Trinajstić information content (AvgIpc) is 2.92. The van der Waals surface area contributed by atoms with E-state index in [1.54, 1.807) is 35.9 Å². The van der Waals surface area contributed by atoms with Crippen LogP contribution < -0.4 is 10.1 Å². The van der Waals surface area contributed by atoms with Crippen LogP contribution in [0.2, 0.25) is 0 Å². The standard InChI is InChI=1S/C18H15N3O2/c1-21-15(10-12-7-5-9-16(23-2)17(12)21)18(22)20-14-8-4-3-6-13(14)11-19/h3-10H,1-2H3,(H,20,22). The fourth-order valence-electron chi connectivity index (χ4n) is 2.64. The van der Waals surface area contributed by atoms with E-state index in [2.05, 4.69) is 11.4 Å². The number of hydrogen-bond acceptors (Lipinski definition) is 3. The SMILES string of the molecule is COc1cccc2cc(C(=O)Nc3ccccc3C#N)n(C)c12. The third-order valence-corrected chi connectivity index (χ3v) is 3.77. The molecule has 0 unspecified atom stereocenters. The van der Waals surface area contributed by atoms with Crippen molar-refractivity contribution in [3.63, 3.8) is 0 Å². The molecular formula is C18H15N3O2. The van der Waals surface area contributed by atoms with E-state index in [-0.39, 0.29) is 5.91 Å². The number of carbonyl (C=O) groups excluding carboxylic acids is 1. The highest BCUT2D eigenvalue weighted by Gasteiger charge is 2.16. The summed E-state index contributed by atoms with van der Waals surface area (Å²) in [7, 11) is 3.42. The number of para-hydroxylation sites is 2. The highest BCUT2D eigenvalue weighted by atomic mass is 16.5. The number of ether oxygens (including phenoxy) is 1. The van der Waals surface area contributed by atoms with Gasteiger partial charge in [0, 0.05) is 12.4 Å². The van der Waals surface area contributed by atoms with Gasteiger partial charge in [-0.3, -0.25) is 4.79 Å². The van der Waals surface area contributed by atoms with Gasteiger partial charge >= 0.3 is 0 Å². The third kappa shape index (κ3) is 2.51. The lowest BCUT2D eigenvalue weighted by Crippen LogP contribution is -2.16. The number of benzene rings is 2. The van der Waals surface area contributed by atoms with Crippen LogP contribution in [0.3, 0.4) is 0 Å². The van der Waals surface area contributed by atoms with Gasteiger partial charge in [0.2, 0.25) is 0 Å². The summed E-state index contributed by atoms with van der Waals surface area (Å²) in [6.45, 7) is 0. The molecule has 0 aliphatic heterocycles. The summed E-state index contributed by atoms with van der Waals surface area (Å²) >= 11 is 0. The number of aryl methyl sites for hydroxylation is 1. The van der Waals surface area contributed by atoms with Crippen molar-refractivity contribution < 1.29 is 9.53 Å². The van der Waals surface area contributed by atoms with E-state index in [4.69, 9.17) is 10.00 Å². The number of nitrogens with zero attached hydrogens (tertiary/aromatic N) is 2. The second-order valence-corrected chi connectivity index (χ2v) is 5.10. The van der Waals surface area contributed by atoms with E-state index in [9.17, 15) is 4.79 Å². The Morgan fingerprint density at radius 1 is 1.22 bits per heavy atom. The number of nitrogens with one attached hydrogen (secondary N) is 1. The molecule has 0 aliphatic rings. The molecule has 0 atom stereocenters. The van der Waals surface area contributed by atoms with Gasteiger partial charge in [-0.25, -0.2) is 0 Å². The summed E-state index contributed by atoms with van der Waals surface area (Å²) in [5.41, 5.74) is 2.28. The van der Waals surface area contributed by atoms with Crippen molar-refractivity contribution in [1.29, 1.82) is 5.26 Å². The highest BCUT2D eigenvalue weighted by molar-refractivity contribution is 6.07. The van der Waals surface area contributed by atoms with E-state index in [0.29, 0.717) is 22.7 Å². The minimum atomic E-state index is -0.270. The van der Waals surface area contributed by atoms with Crippen LogP contribution in [0.25, 0.3) is 10.9 Å². The van der Waals surface area contributed by atoms with Crippen molar-refractivity contribution in [2.24, 2.45) is 7.05 Å². The monoisotopic (exact) mass is 305 g/mol. The van der Waals surface area contributed by atoms with Crippen molar-refractivity contribution in [1.82, 2.24) is 4.57 Å². The fourth-order valence-corrected chi connectivity index (χ4v) is 2.64. The molecule has 0 radical (unpaired) electrons. The van der Waals surface area contributed by atoms with Crippen LogP contribution in [0.1, 0.15) is 16.1 Å². The molecule has 1 heterocycles. The smallest absolute Gasteiger partial charge is 0.272 e. The van der Waals surface area contributed by atoms with Gasteiger partial charge in [0.05, 0.1) is 23.9 Å². The van der Waals surface area contributed by atoms with E-state index in [1.807, 2.05) is 31.3 Å². The number of carbonyl (C=O) groups is 1.